The van der Waals surface area contributed by atoms with Crippen molar-refractivity contribution < 1.29 is 14.6 Å². The molecule has 3 aliphatic rings. The van der Waals surface area contributed by atoms with Crippen LogP contribution in [0.1, 0.15) is 32.6 Å². The van der Waals surface area contributed by atoms with Crippen molar-refractivity contribution in [2.24, 2.45) is 17.3 Å². The summed E-state index contributed by atoms with van der Waals surface area (Å²) in [6, 6.07) is 0. The second-order valence-corrected chi connectivity index (χ2v) is 6.34. The Hall–Kier alpha value is -1.09. The van der Waals surface area contributed by atoms with Gasteiger partial charge in [0, 0.05) is 11.5 Å². The van der Waals surface area contributed by atoms with E-state index >= 15 is 0 Å². The molecule has 0 aromatic rings. The molecule has 3 fully saturated rings. The van der Waals surface area contributed by atoms with Crippen molar-refractivity contribution in [3.05, 3.63) is 24.3 Å². The second-order valence-electron chi connectivity index (χ2n) is 6.34. The van der Waals surface area contributed by atoms with Crippen LogP contribution < -0.4 is 0 Å². The molecule has 5 atom stereocenters. The zero-order chi connectivity index (χ0) is 13.1. The van der Waals surface area contributed by atoms with Crippen LogP contribution in [0.2, 0.25) is 0 Å². The summed E-state index contributed by atoms with van der Waals surface area (Å²) < 4.78 is 5.49. The topological polar surface area (TPSA) is 46.5 Å². The molecule has 0 spiro atoms. The van der Waals surface area contributed by atoms with Crippen LogP contribution in [0.5, 0.6) is 0 Å². The Morgan fingerprint density at radius 3 is 2.89 bits per heavy atom. The van der Waals surface area contributed by atoms with Crippen LogP contribution in [0.15, 0.2) is 24.3 Å². The number of carbonyl (C=O) groups is 1. The van der Waals surface area contributed by atoms with E-state index in [4.69, 9.17) is 4.74 Å². The molecule has 0 amide bonds. The molecule has 18 heavy (non-hydrogen) atoms. The predicted octanol–water partition coefficient (Wildman–Crippen LogP) is 2.21. The van der Waals surface area contributed by atoms with Crippen LogP contribution in [0.25, 0.3) is 0 Å². The zero-order valence-corrected chi connectivity index (χ0v) is 10.8. The van der Waals surface area contributed by atoms with Crippen LogP contribution >= 0.6 is 0 Å². The fraction of sp³-hybridized carbons (Fsp3) is 0.667. The highest BCUT2D eigenvalue weighted by Crippen LogP contribution is 2.57. The number of esters is 1. The minimum Gasteiger partial charge on any atom is -0.458 e. The van der Waals surface area contributed by atoms with Crippen molar-refractivity contribution in [1.29, 1.82) is 0 Å². The lowest BCUT2D eigenvalue weighted by molar-refractivity contribution is -0.149. The van der Waals surface area contributed by atoms with Crippen molar-refractivity contribution in [2.45, 2.75) is 44.8 Å². The number of fused-ring (bicyclic) bond motifs is 3. The third-order valence-corrected chi connectivity index (χ3v) is 5.12. The molecule has 2 aliphatic carbocycles. The van der Waals surface area contributed by atoms with Crippen LogP contribution in [0.4, 0.5) is 0 Å². The number of hydrogen-bond acceptors (Lipinski definition) is 3. The van der Waals surface area contributed by atoms with E-state index in [0.717, 1.165) is 19.3 Å². The number of hydrogen-bond donors (Lipinski definition) is 1. The molecule has 0 radical (unpaired) electrons. The monoisotopic (exact) mass is 248 g/mol. The lowest BCUT2D eigenvalue weighted by Gasteiger charge is -2.51. The molecule has 1 saturated heterocycles. The Bertz CT molecular complexity index is 439. The van der Waals surface area contributed by atoms with E-state index in [9.17, 15) is 9.90 Å². The fourth-order valence-electron chi connectivity index (χ4n) is 4.32. The molecule has 3 rings (SSSR count). The molecule has 1 heterocycles. The average molecular weight is 248 g/mol. The van der Waals surface area contributed by atoms with Crippen LogP contribution in [0, 0.1) is 17.3 Å². The summed E-state index contributed by atoms with van der Waals surface area (Å²) in [7, 11) is 0. The van der Waals surface area contributed by atoms with Gasteiger partial charge in [-0.25, -0.2) is 4.79 Å². The van der Waals surface area contributed by atoms with Gasteiger partial charge in [0.15, 0.2) is 0 Å². The van der Waals surface area contributed by atoms with Crippen molar-refractivity contribution in [2.75, 3.05) is 0 Å². The number of aliphatic hydroxyl groups excluding tert-OH is 1. The van der Waals surface area contributed by atoms with E-state index in [-0.39, 0.29) is 29.3 Å². The van der Waals surface area contributed by atoms with Gasteiger partial charge in [0.1, 0.15) is 6.10 Å². The minimum atomic E-state index is -0.513. The van der Waals surface area contributed by atoms with Crippen molar-refractivity contribution in [1.82, 2.24) is 0 Å². The zero-order valence-electron chi connectivity index (χ0n) is 10.8. The summed E-state index contributed by atoms with van der Waals surface area (Å²) in [5, 5.41) is 10.3. The molecule has 3 heteroatoms. The van der Waals surface area contributed by atoms with Gasteiger partial charge in [-0.1, -0.05) is 25.7 Å². The minimum absolute atomic E-state index is 0.0147. The van der Waals surface area contributed by atoms with E-state index < -0.39 is 6.10 Å². The average Bonchev–Trinajstić information content (AvgIpc) is 2.54. The Morgan fingerprint density at radius 1 is 1.44 bits per heavy atom. The SMILES string of the molecule is C=C1C(=O)OC2C1C(O)CC1(C)CCCC(=C)C21. The highest BCUT2D eigenvalue weighted by Gasteiger charge is 2.58. The molecule has 98 valence electrons. The first kappa shape index (κ1) is 12.0. The number of aliphatic hydroxyl groups is 1. The van der Waals surface area contributed by atoms with E-state index in [2.05, 4.69) is 20.1 Å². The maximum Gasteiger partial charge on any atom is 0.334 e. The Labute approximate surface area is 108 Å². The summed E-state index contributed by atoms with van der Waals surface area (Å²) >= 11 is 0. The fourth-order valence-corrected chi connectivity index (χ4v) is 4.32. The van der Waals surface area contributed by atoms with Gasteiger partial charge in [-0.3, -0.25) is 0 Å². The summed E-state index contributed by atoms with van der Waals surface area (Å²) in [4.78, 5) is 11.7. The highest BCUT2D eigenvalue weighted by molar-refractivity contribution is 5.91. The standard InChI is InChI=1S/C15H20O3/c1-8-5-4-6-15(3)7-10(16)11-9(2)14(17)18-13(11)12(8)15/h10-13,16H,1-2,4-7H2,3H3. The predicted molar refractivity (Wildman–Crippen MR) is 67.7 cm³/mol. The molecule has 5 unspecified atom stereocenters. The molecule has 0 bridgehead atoms. The van der Waals surface area contributed by atoms with Crippen LogP contribution in [0.3, 0.4) is 0 Å². The van der Waals surface area contributed by atoms with Crippen LogP contribution in [-0.2, 0) is 9.53 Å². The number of rotatable bonds is 0. The smallest absolute Gasteiger partial charge is 0.334 e. The Balaban J connectivity index is 2.02. The van der Waals surface area contributed by atoms with Gasteiger partial charge >= 0.3 is 5.97 Å². The molecule has 1 aliphatic heterocycles. The molecular formula is C15H20O3. The molecule has 0 aromatic carbocycles. The normalized spacial score (nSPS) is 47.6. The van der Waals surface area contributed by atoms with Crippen molar-refractivity contribution in [3.63, 3.8) is 0 Å². The lowest BCUT2D eigenvalue weighted by Crippen LogP contribution is -2.52. The quantitative estimate of drug-likeness (QED) is 0.406. The summed E-state index contributed by atoms with van der Waals surface area (Å²) in [6.07, 6.45) is 3.15. The first-order valence-electron chi connectivity index (χ1n) is 6.69. The summed E-state index contributed by atoms with van der Waals surface area (Å²) in [6.45, 7) is 10.2. The van der Waals surface area contributed by atoms with Gasteiger partial charge in [0.05, 0.1) is 12.0 Å². The molecule has 2 saturated carbocycles. The third kappa shape index (κ3) is 1.43. The maximum absolute atomic E-state index is 11.7. The lowest BCUT2D eigenvalue weighted by atomic mass is 9.54. The number of carbonyl (C=O) groups excluding carboxylic acids is 1. The van der Waals surface area contributed by atoms with Gasteiger partial charge in [-0.15, -0.1) is 0 Å². The van der Waals surface area contributed by atoms with Gasteiger partial charge in [-0.2, -0.15) is 0 Å². The van der Waals surface area contributed by atoms with Crippen molar-refractivity contribution >= 4 is 5.97 Å². The van der Waals surface area contributed by atoms with Crippen LogP contribution in [-0.4, -0.2) is 23.3 Å². The summed E-state index contributed by atoms with van der Waals surface area (Å²) in [5.41, 5.74) is 1.63. The van der Waals surface area contributed by atoms with Gasteiger partial charge in [0.2, 0.25) is 0 Å². The Morgan fingerprint density at radius 2 is 2.17 bits per heavy atom. The van der Waals surface area contributed by atoms with Gasteiger partial charge in [-0.05, 0) is 31.1 Å². The van der Waals surface area contributed by atoms with E-state index in [1.165, 1.54) is 5.57 Å². The number of ether oxygens (including phenoxy) is 1. The summed E-state index contributed by atoms with van der Waals surface area (Å²) in [5.74, 6) is -0.389. The van der Waals surface area contributed by atoms with E-state index in [1.54, 1.807) is 0 Å². The molecular weight excluding hydrogens is 228 g/mol. The second kappa shape index (κ2) is 3.70. The maximum atomic E-state index is 11.7. The van der Waals surface area contributed by atoms with Gasteiger partial charge < -0.3 is 9.84 Å². The first-order valence-corrected chi connectivity index (χ1v) is 6.69. The Kier molecular flexibility index (Phi) is 2.46. The highest BCUT2D eigenvalue weighted by atomic mass is 16.6. The first-order chi connectivity index (χ1) is 8.44. The van der Waals surface area contributed by atoms with E-state index in [0.29, 0.717) is 12.0 Å². The van der Waals surface area contributed by atoms with Gasteiger partial charge in [0.25, 0.3) is 0 Å². The molecule has 0 aromatic heterocycles. The van der Waals surface area contributed by atoms with Crippen molar-refractivity contribution in [3.8, 4) is 0 Å². The largest absolute Gasteiger partial charge is 0.458 e. The third-order valence-electron chi connectivity index (χ3n) is 5.12. The van der Waals surface area contributed by atoms with E-state index in [1.807, 2.05) is 0 Å². The molecule has 1 N–H and O–H groups in total. The molecule has 3 nitrogen and oxygen atoms in total.